The molecule has 1 unspecified atom stereocenters. The topological polar surface area (TPSA) is 38.7 Å². The second-order valence-electron chi connectivity index (χ2n) is 4.74. The summed E-state index contributed by atoms with van der Waals surface area (Å²) in [6.45, 7) is 1.00. The molecule has 21 heavy (non-hydrogen) atoms. The van der Waals surface area contributed by atoms with Crippen LogP contribution in [0.1, 0.15) is 29.1 Å². The van der Waals surface area contributed by atoms with Crippen molar-refractivity contribution in [2.45, 2.75) is 12.4 Å². The molecule has 0 radical (unpaired) electrons. The standard InChI is InChI=1S/C16H14BrFO3/c17-12-6-3-5-11(14(12)16-20-8-9-21-16)15(19)10-4-1-2-7-13(10)18/h1-7,15-16,19H,8-9H2. The largest absolute Gasteiger partial charge is 0.384 e. The van der Waals surface area contributed by atoms with Gasteiger partial charge in [-0.2, -0.15) is 0 Å². The van der Waals surface area contributed by atoms with Crippen LogP contribution in [-0.4, -0.2) is 18.3 Å². The number of halogens is 2. The molecule has 5 heteroatoms. The maximum Gasteiger partial charge on any atom is 0.185 e. The van der Waals surface area contributed by atoms with Gasteiger partial charge in [-0.1, -0.05) is 46.3 Å². The molecule has 3 rings (SSSR count). The molecule has 3 nitrogen and oxygen atoms in total. The highest BCUT2D eigenvalue weighted by Crippen LogP contribution is 2.37. The molecular formula is C16H14BrFO3. The van der Waals surface area contributed by atoms with E-state index in [0.717, 1.165) is 4.47 Å². The van der Waals surface area contributed by atoms with Gasteiger partial charge in [-0.15, -0.1) is 0 Å². The van der Waals surface area contributed by atoms with Gasteiger partial charge >= 0.3 is 0 Å². The Labute approximate surface area is 130 Å². The second-order valence-corrected chi connectivity index (χ2v) is 5.59. The lowest BCUT2D eigenvalue weighted by atomic mass is 9.96. The van der Waals surface area contributed by atoms with Crippen molar-refractivity contribution in [3.8, 4) is 0 Å². The Bertz CT molecular complexity index is 641. The van der Waals surface area contributed by atoms with Gasteiger partial charge in [0.15, 0.2) is 6.29 Å². The highest BCUT2D eigenvalue weighted by atomic mass is 79.9. The highest BCUT2D eigenvalue weighted by molar-refractivity contribution is 9.10. The van der Waals surface area contributed by atoms with Crippen LogP contribution in [0.2, 0.25) is 0 Å². The van der Waals surface area contributed by atoms with Crippen LogP contribution >= 0.6 is 15.9 Å². The Hall–Kier alpha value is -1.27. The summed E-state index contributed by atoms with van der Waals surface area (Å²) >= 11 is 3.45. The Morgan fingerprint density at radius 3 is 2.43 bits per heavy atom. The van der Waals surface area contributed by atoms with E-state index in [1.165, 1.54) is 6.07 Å². The molecule has 1 aliphatic rings. The van der Waals surface area contributed by atoms with Gasteiger partial charge in [0.05, 0.1) is 13.2 Å². The van der Waals surface area contributed by atoms with E-state index < -0.39 is 18.2 Å². The molecule has 1 N–H and O–H groups in total. The first-order chi connectivity index (χ1) is 10.2. The number of benzene rings is 2. The molecule has 0 aromatic heterocycles. The normalized spacial score (nSPS) is 17.1. The fourth-order valence-electron chi connectivity index (χ4n) is 2.43. The monoisotopic (exact) mass is 352 g/mol. The molecule has 0 saturated carbocycles. The number of hydrogen-bond acceptors (Lipinski definition) is 3. The molecule has 2 aromatic rings. The Kier molecular flexibility index (Phi) is 4.35. The van der Waals surface area contributed by atoms with Crippen LogP contribution < -0.4 is 0 Å². The van der Waals surface area contributed by atoms with Crippen molar-refractivity contribution in [2.75, 3.05) is 13.2 Å². The first-order valence-corrected chi connectivity index (χ1v) is 7.42. The van der Waals surface area contributed by atoms with Crippen LogP contribution in [0.25, 0.3) is 0 Å². The van der Waals surface area contributed by atoms with Gasteiger partial charge < -0.3 is 14.6 Å². The van der Waals surface area contributed by atoms with E-state index in [4.69, 9.17) is 9.47 Å². The Balaban J connectivity index is 2.06. The van der Waals surface area contributed by atoms with Crippen molar-refractivity contribution in [1.82, 2.24) is 0 Å². The van der Waals surface area contributed by atoms with E-state index in [2.05, 4.69) is 15.9 Å². The van der Waals surface area contributed by atoms with Crippen molar-refractivity contribution in [3.63, 3.8) is 0 Å². The fourth-order valence-corrected chi connectivity index (χ4v) is 3.00. The summed E-state index contributed by atoms with van der Waals surface area (Å²) in [5.74, 6) is -0.441. The average molecular weight is 353 g/mol. The van der Waals surface area contributed by atoms with Crippen molar-refractivity contribution in [3.05, 3.63) is 69.4 Å². The predicted molar refractivity (Wildman–Crippen MR) is 79.2 cm³/mol. The van der Waals surface area contributed by atoms with Gasteiger partial charge in [-0.25, -0.2) is 4.39 Å². The first-order valence-electron chi connectivity index (χ1n) is 6.62. The Morgan fingerprint density at radius 1 is 1.05 bits per heavy atom. The lowest BCUT2D eigenvalue weighted by molar-refractivity contribution is -0.0462. The zero-order valence-corrected chi connectivity index (χ0v) is 12.7. The number of hydrogen-bond donors (Lipinski definition) is 1. The van der Waals surface area contributed by atoms with E-state index in [9.17, 15) is 9.50 Å². The molecule has 110 valence electrons. The van der Waals surface area contributed by atoms with Crippen molar-refractivity contribution < 1.29 is 19.0 Å². The third kappa shape index (κ3) is 2.87. The molecule has 1 heterocycles. The summed E-state index contributed by atoms with van der Waals surface area (Å²) in [5, 5.41) is 10.6. The number of aliphatic hydroxyl groups excluding tert-OH is 1. The van der Waals surface area contributed by atoms with Crippen LogP contribution in [-0.2, 0) is 9.47 Å². The third-order valence-electron chi connectivity index (χ3n) is 3.44. The number of ether oxygens (including phenoxy) is 2. The fraction of sp³-hybridized carbons (Fsp3) is 0.250. The molecule has 2 aromatic carbocycles. The van der Waals surface area contributed by atoms with Gasteiger partial charge in [0.2, 0.25) is 0 Å². The minimum Gasteiger partial charge on any atom is -0.384 e. The molecule has 0 amide bonds. The summed E-state index contributed by atoms with van der Waals surface area (Å²) in [6.07, 6.45) is -1.62. The molecule has 0 bridgehead atoms. The summed E-state index contributed by atoms with van der Waals surface area (Å²) in [7, 11) is 0. The van der Waals surface area contributed by atoms with Gasteiger partial charge in [-0.3, -0.25) is 0 Å². The van der Waals surface area contributed by atoms with Crippen molar-refractivity contribution in [2.24, 2.45) is 0 Å². The minimum absolute atomic E-state index is 0.231. The molecule has 1 fully saturated rings. The van der Waals surface area contributed by atoms with E-state index in [1.54, 1.807) is 30.3 Å². The highest BCUT2D eigenvalue weighted by Gasteiger charge is 2.27. The van der Waals surface area contributed by atoms with Crippen LogP contribution in [0.15, 0.2) is 46.9 Å². The smallest absolute Gasteiger partial charge is 0.185 e. The summed E-state index contributed by atoms with van der Waals surface area (Å²) < 4.78 is 25.7. The molecular weight excluding hydrogens is 339 g/mol. The molecule has 0 aliphatic carbocycles. The van der Waals surface area contributed by atoms with Gasteiger partial charge in [0, 0.05) is 15.6 Å². The van der Waals surface area contributed by atoms with E-state index >= 15 is 0 Å². The SMILES string of the molecule is OC(c1ccccc1F)c1cccc(Br)c1C1OCCO1. The Morgan fingerprint density at radius 2 is 1.71 bits per heavy atom. The van der Waals surface area contributed by atoms with E-state index in [1.807, 2.05) is 6.07 Å². The molecule has 1 atom stereocenters. The third-order valence-corrected chi connectivity index (χ3v) is 4.13. The van der Waals surface area contributed by atoms with Gasteiger partial charge in [-0.05, 0) is 17.7 Å². The summed E-state index contributed by atoms with van der Waals surface area (Å²) in [6, 6.07) is 11.6. The zero-order chi connectivity index (χ0) is 14.8. The van der Waals surface area contributed by atoms with Crippen molar-refractivity contribution >= 4 is 15.9 Å². The maximum atomic E-state index is 13.9. The van der Waals surface area contributed by atoms with Crippen LogP contribution in [0, 0.1) is 5.82 Å². The predicted octanol–water partition coefficient (Wildman–Crippen LogP) is 3.72. The van der Waals surface area contributed by atoms with Gasteiger partial charge in [0.25, 0.3) is 0 Å². The second kappa shape index (κ2) is 6.23. The summed E-state index contributed by atoms with van der Waals surface area (Å²) in [4.78, 5) is 0. The number of rotatable bonds is 3. The molecule has 1 aliphatic heterocycles. The average Bonchev–Trinajstić information content (AvgIpc) is 3.00. The molecule has 1 saturated heterocycles. The van der Waals surface area contributed by atoms with Crippen LogP contribution in [0.5, 0.6) is 0 Å². The van der Waals surface area contributed by atoms with Gasteiger partial charge in [0.1, 0.15) is 11.9 Å². The molecule has 0 spiro atoms. The quantitative estimate of drug-likeness (QED) is 0.914. The minimum atomic E-state index is -1.08. The van der Waals surface area contributed by atoms with E-state index in [0.29, 0.717) is 24.3 Å². The first kappa shape index (κ1) is 14.7. The maximum absolute atomic E-state index is 13.9. The van der Waals surface area contributed by atoms with E-state index in [-0.39, 0.29) is 5.56 Å². The zero-order valence-electron chi connectivity index (χ0n) is 11.1. The van der Waals surface area contributed by atoms with Crippen molar-refractivity contribution in [1.29, 1.82) is 0 Å². The lowest BCUT2D eigenvalue weighted by Crippen LogP contribution is -2.10. The van der Waals surface area contributed by atoms with Crippen LogP contribution in [0.4, 0.5) is 4.39 Å². The lowest BCUT2D eigenvalue weighted by Gasteiger charge is -2.20. The van der Waals surface area contributed by atoms with Crippen LogP contribution in [0.3, 0.4) is 0 Å². The summed E-state index contributed by atoms with van der Waals surface area (Å²) in [5.41, 5.74) is 1.50. The number of aliphatic hydroxyl groups is 1.